The van der Waals surface area contributed by atoms with Crippen LogP contribution < -0.4 is 9.64 Å². The summed E-state index contributed by atoms with van der Waals surface area (Å²) in [6, 6.07) is 15.9. The molecule has 0 saturated heterocycles. The highest BCUT2D eigenvalue weighted by atomic mass is 79.9. The summed E-state index contributed by atoms with van der Waals surface area (Å²) >= 11 is 5.00. The average Bonchev–Trinajstić information content (AvgIpc) is 3.05. The molecule has 1 aliphatic heterocycles. The summed E-state index contributed by atoms with van der Waals surface area (Å²) in [4.78, 5) is 16.6. The Bertz CT molecular complexity index is 980. The van der Waals surface area contributed by atoms with E-state index in [-0.39, 0.29) is 5.91 Å². The van der Waals surface area contributed by atoms with Gasteiger partial charge in [-0.2, -0.15) is 0 Å². The molecule has 0 saturated carbocycles. The van der Waals surface area contributed by atoms with Gasteiger partial charge in [-0.15, -0.1) is 11.3 Å². The molecule has 25 heavy (non-hydrogen) atoms. The summed E-state index contributed by atoms with van der Waals surface area (Å²) in [6.07, 6.45) is 0. The quantitative estimate of drug-likeness (QED) is 0.542. The molecule has 0 N–H and O–H groups in total. The molecule has 3 nitrogen and oxygen atoms in total. The minimum Gasteiger partial charge on any atom is -0.488 e. The topological polar surface area (TPSA) is 29.5 Å². The SMILES string of the molecule is Cc1cc(Br)ccc1N(C)C(=O)c1cc2c(s1)-c1ccccc1OC2. The van der Waals surface area contributed by atoms with Crippen molar-refractivity contribution in [2.45, 2.75) is 13.5 Å². The van der Waals surface area contributed by atoms with Crippen molar-refractivity contribution in [2.75, 3.05) is 11.9 Å². The average molecular weight is 414 g/mol. The molecular weight excluding hydrogens is 398 g/mol. The Labute approximate surface area is 159 Å². The molecule has 0 bridgehead atoms. The predicted molar refractivity (Wildman–Crippen MR) is 106 cm³/mol. The number of hydrogen-bond donors (Lipinski definition) is 0. The molecule has 0 fully saturated rings. The van der Waals surface area contributed by atoms with Crippen LogP contribution in [0.15, 0.2) is 53.0 Å². The van der Waals surface area contributed by atoms with Crippen molar-refractivity contribution in [3.8, 4) is 16.2 Å². The van der Waals surface area contributed by atoms with Crippen molar-refractivity contribution >= 4 is 38.9 Å². The highest BCUT2D eigenvalue weighted by molar-refractivity contribution is 9.10. The maximum Gasteiger partial charge on any atom is 0.268 e. The first kappa shape index (κ1) is 16.4. The maximum atomic E-state index is 13.0. The zero-order valence-corrected chi connectivity index (χ0v) is 16.3. The lowest BCUT2D eigenvalue weighted by atomic mass is 10.1. The highest BCUT2D eigenvalue weighted by Crippen LogP contribution is 2.42. The lowest BCUT2D eigenvalue weighted by Gasteiger charge is -2.19. The minimum atomic E-state index is 0.00213. The minimum absolute atomic E-state index is 0.00213. The number of aryl methyl sites for hydroxylation is 1. The van der Waals surface area contributed by atoms with Gasteiger partial charge in [-0.3, -0.25) is 4.79 Å². The number of ether oxygens (including phenoxy) is 1. The van der Waals surface area contributed by atoms with E-state index in [1.807, 2.05) is 62.5 Å². The Balaban J connectivity index is 1.70. The van der Waals surface area contributed by atoms with Gasteiger partial charge < -0.3 is 9.64 Å². The molecule has 1 amide bonds. The van der Waals surface area contributed by atoms with E-state index in [1.54, 1.807) is 4.90 Å². The number of hydrogen-bond acceptors (Lipinski definition) is 3. The van der Waals surface area contributed by atoms with Gasteiger partial charge in [-0.25, -0.2) is 0 Å². The van der Waals surface area contributed by atoms with E-state index in [0.717, 1.165) is 42.4 Å². The smallest absolute Gasteiger partial charge is 0.268 e. The largest absolute Gasteiger partial charge is 0.488 e. The molecule has 0 unspecified atom stereocenters. The van der Waals surface area contributed by atoms with Gasteiger partial charge in [0.15, 0.2) is 0 Å². The van der Waals surface area contributed by atoms with Gasteiger partial charge in [-0.1, -0.05) is 28.1 Å². The van der Waals surface area contributed by atoms with Gasteiger partial charge in [0.05, 0.1) is 4.88 Å². The molecule has 0 aliphatic carbocycles. The number of benzene rings is 2. The summed E-state index contributed by atoms with van der Waals surface area (Å²) in [5.41, 5.74) is 4.11. The van der Waals surface area contributed by atoms with Crippen LogP contribution in [-0.4, -0.2) is 13.0 Å². The number of rotatable bonds is 2. The van der Waals surface area contributed by atoms with Crippen LogP contribution in [-0.2, 0) is 6.61 Å². The van der Waals surface area contributed by atoms with E-state index < -0.39 is 0 Å². The number of carbonyl (C=O) groups is 1. The van der Waals surface area contributed by atoms with Crippen molar-refractivity contribution in [1.82, 2.24) is 0 Å². The zero-order chi connectivity index (χ0) is 17.6. The van der Waals surface area contributed by atoms with Gasteiger partial charge in [0.1, 0.15) is 12.4 Å². The molecule has 5 heteroatoms. The van der Waals surface area contributed by atoms with Crippen molar-refractivity contribution < 1.29 is 9.53 Å². The maximum absolute atomic E-state index is 13.0. The summed E-state index contributed by atoms with van der Waals surface area (Å²) in [5, 5.41) is 0. The number of anilines is 1. The van der Waals surface area contributed by atoms with E-state index >= 15 is 0 Å². The number of carbonyl (C=O) groups excluding carboxylic acids is 1. The van der Waals surface area contributed by atoms with Crippen LogP contribution in [0.1, 0.15) is 20.8 Å². The Morgan fingerprint density at radius 2 is 2.00 bits per heavy atom. The van der Waals surface area contributed by atoms with Gasteiger partial charge in [0.25, 0.3) is 5.91 Å². The third-order valence-electron chi connectivity index (χ3n) is 4.36. The first-order chi connectivity index (χ1) is 12.0. The number of para-hydroxylation sites is 1. The lowest BCUT2D eigenvalue weighted by molar-refractivity contribution is 0.0996. The van der Waals surface area contributed by atoms with Crippen molar-refractivity contribution in [3.05, 3.63) is 69.0 Å². The van der Waals surface area contributed by atoms with Crippen LogP contribution in [0.4, 0.5) is 5.69 Å². The van der Waals surface area contributed by atoms with Crippen LogP contribution in [0, 0.1) is 6.92 Å². The molecule has 0 atom stereocenters. The molecule has 3 aromatic rings. The molecule has 1 aliphatic rings. The number of halogens is 1. The van der Waals surface area contributed by atoms with Crippen LogP contribution in [0.5, 0.6) is 5.75 Å². The fourth-order valence-corrected chi connectivity index (χ4v) is 4.72. The summed E-state index contributed by atoms with van der Waals surface area (Å²) in [7, 11) is 1.82. The molecule has 126 valence electrons. The highest BCUT2D eigenvalue weighted by Gasteiger charge is 2.24. The van der Waals surface area contributed by atoms with E-state index in [9.17, 15) is 4.79 Å². The molecule has 0 radical (unpaired) electrons. The van der Waals surface area contributed by atoms with E-state index in [2.05, 4.69) is 15.9 Å². The Kier molecular flexibility index (Phi) is 4.13. The van der Waals surface area contributed by atoms with Crippen LogP contribution in [0.3, 0.4) is 0 Å². The molecule has 4 rings (SSSR count). The van der Waals surface area contributed by atoms with Gasteiger partial charge >= 0.3 is 0 Å². The van der Waals surface area contributed by atoms with Gasteiger partial charge in [-0.05, 0) is 48.9 Å². The monoisotopic (exact) mass is 413 g/mol. The predicted octanol–water partition coefficient (Wildman–Crippen LogP) is 5.66. The van der Waals surface area contributed by atoms with Crippen molar-refractivity contribution in [1.29, 1.82) is 0 Å². The first-order valence-corrected chi connectivity index (χ1v) is 9.54. The summed E-state index contributed by atoms with van der Waals surface area (Å²) in [5.74, 6) is 0.885. The number of nitrogens with zero attached hydrogens (tertiary/aromatic N) is 1. The molecule has 2 heterocycles. The normalized spacial score (nSPS) is 12.1. The molecular formula is C20H16BrNO2S. The summed E-state index contributed by atoms with van der Waals surface area (Å²) in [6.45, 7) is 2.52. The van der Waals surface area contributed by atoms with Crippen molar-refractivity contribution in [2.24, 2.45) is 0 Å². The van der Waals surface area contributed by atoms with E-state index in [0.29, 0.717) is 6.61 Å². The standard InChI is InChI=1S/C20H16BrNO2S/c1-12-9-14(21)7-8-16(12)22(2)20(23)18-10-13-11-24-17-6-4-3-5-15(17)19(13)25-18/h3-10H,11H2,1-2H3. The fraction of sp³-hybridized carbons (Fsp3) is 0.150. The Morgan fingerprint density at radius 3 is 2.80 bits per heavy atom. The van der Waals surface area contributed by atoms with Crippen LogP contribution in [0.2, 0.25) is 0 Å². The van der Waals surface area contributed by atoms with Gasteiger partial charge in [0, 0.05) is 33.2 Å². The summed E-state index contributed by atoms with van der Waals surface area (Å²) < 4.78 is 6.81. The second-order valence-electron chi connectivity index (χ2n) is 6.04. The number of fused-ring (bicyclic) bond motifs is 3. The van der Waals surface area contributed by atoms with E-state index in [4.69, 9.17) is 4.74 Å². The van der Waals surface area contributed by atoms with Gasteiger partial charge in [0.2, 0.25) is 0 Å². The van der Waals surface area contributed by atoms with Crippen LogP contribution >= 0.6 is 27.3 Å². The molecule has 2 aromatic carbocycles. The zero-order valence-electron chi connectivity index (χ0n) is 13.9. The van der Waals surface area contributed by atoms with Crippen LogP contribution in [0.25, 0.3) is 10.4 Å². The van der Waals surface area contributed by atoms with Crippen molar-refractivity contribution in [3.63, 3.8) is 0 Å². The number of amides is 1. The third kappa shape index (κ3) is 2.87. The lowest BCUT2D eigenvalue weighted by Crippen LogP contribution is -2.26. The number of thiophene rings is 1. The Hall–Kier alpha value is -2.11. The fourth-order valence-electron chi connectivity index (χ4n) is 3.07. The second-order valence-corrected chi connectivity index (χ2v) is 8.01. The second kappa shape index (κ2) is 6.32. The Morgan fingerprint density at radius 1 is 1.20 bits per heavy atom. The first-order valence-electron chi connectivity index (χ1n) is 7.93. The molecule has 0 spiro atoms. The molecule has 1 aromatic heterocycles. The third-order valence-corrected chi connectivity index (χ3v) is 6.05. The van der Waals surface area contributed by atoms with E-state index in [1.165, 1.54) is 11.3 Å².